The van der Waals surface area contributed by atoms with Crippen LogP contribution in [0.15, 0.2) is 89.3 Å². The number of hydrogen-bond acceptors (Lipinski definition) is 5. The number of carbonyl (C=O) groups is 1. The molecule has 0 saturated heterocycles. The molecule has 0 aliphatic heterocycles. The number of carbonyl (C=O) groups excluding carboxylic acids is 1. The number of thioether (sulfide) groups is 1. The first-order valence-electron chi connectivity index (χ1n) is 8.93. The third-order valence-electron chi connectivity index (χ3n) is 4.14. The monoisotopic (exact) mass is 435 g/mol. The predicted octanol–water partition coefficient (Wildman–Crippen LogP) is 6.21. The maximum atomic E-state index is 12.4. The normalized spacial score (nSPS) is 10.6. The highest BCUT2D eigenvalue weighted by Gasteiger charge is 2.09. The van der Waals surface area contributed by atoms with Crippen LogP contribution in [-0.4, -0.2) is 15.7 Å². The summed E-state index contributed by atoms with van der Waals surface area (Å²) in [5.74, 6) is 0.700. The van der Waals surface area contributed by atoms with Crippen molar-refractivity contribution in [2.75, 3.05) is 5.32 Å². The Morgan fingerprint density at radius 2 is 1.62 bits per heavy atom. The van der Waals surface area contributed by atoms with E-state index in [0.29, 0.717) is 9.52 Å². The first kappa shape index (κ1) is 19.6. The van der Waals surface area contributed by atoms with Gasteiger partial charge in [0.25, 0.3) is 5.91 Å². The first-order chi connectivity index (χ1) is 14.2. The van der Waals surface area contributed by atoms with Crippen LogP contribution < -0.4 is 5.32 Å². The Labute approximate surface area is 182 Å². The lowest BCUT2D eigenvalue weighted by Crippen LogP contribution is -2.11. The third kappa shape index (κ3) is 5.00. The number of rotatable bonds is 6. The Bertz CT molecular complexity index is 1150. The maximum absolute atomic E-state index is 12.4. The van der Waals surface area contributed by atoms with Gasteiger partial charge in [-0.2, -0.15) is 0 Å². The van der Waals surface area contributed by atoms with Crippen LogP contribution in [0.5, 0.6) is 0 Å². The van der Waals surface area contributed by atoms with Crippen molar-refractivity contribution in [1.29, 1.82) is 0 Å². The van der Waals surface area contributed by atoms with E-state index in [9.17, 15) is 4.79 Å². The Kier molecular flexibility index (Phi) is 6.19. The van der Waals surface area contributed by atoms with Crippen molar-refractivity contribution in [2.45, 2.75) is 10.1 Å². The van der Waals surface area contributed by atoms with Gasteiger partial charge in [0.05, 0.1) is 5.69 Å². The summed E-state index contributed by atoms with van der Waals surface area (Å²) in [5.41, 5.74) is 3.44. The molecule has 0 atom stereocenters. The van der Waals surface area contributed by atoms with Gasteiger partial charge in [0.1, 0.15) is 0 Å². The molecular weight excluding hydrogens is 418 g/mol. The minimum Gasteiger partial charge on any atom is -0.322 e. The number of para-hydroxylation sites is 1. The third-order valence-corrected chi connectivity index (χ3v) is 6.58. The molecule has 1 amide bonds. The molecule has 144 valence electrons. The molecule has 4 nitrogen and oxygen atoms in total. The SMILES string of the molecule is O=C(Nc1ccccc1)c1ccc(-n2nc(SCc3ccccc3)sc2=S)cc1. The first-order valence-corrected chi connectivity index (χ1v) is 11.1. The minimum atomic E-state index is -0.149. The van der Waals surface area contributed by atoms with Gasteiger partial charge >= 0.3 is 0 Å². The summed E-state index contributed by atoms with van der Waals surface area (Å²) in [5, 5.41) is 7.51. The smallest absolute Gasteiger partial charge is 0.255 e. The Hall–Kier alpha value is -2.74. The second-order valence-corrected chi connectivity index (χ2v) is 9.03. The molecule has 0 fully saturated rings. The summed E-state index contributed by atoms with van der Waals surface area (Å²) in [4.78, 5) is 12.4. The standard InChI is InChI=1S/C22H17N3OS3/c26-20(23-18-9-5-2-6-10-18)17-11-13-19(14-12-17)25-22(27)29-21(24-25)28-15-16-7-3-1-4-8-16/h1-14H,15H2,(H,23,26). The molecule has 3 aromatic carbocycles. The molecule has 0 spiro atoms. The molecule has 0 bridgehead atoms. The van der Waals surface area contributed by atoms with Gasteiger partial charge < -0.3 is 5.32 Å². The summed E-state index contributed by atoms with van der Waals surface area (Å²) in [6.45, 7) is 0. The number of nitrogens with one attached hydrogen (secondary N) is 1. The fraction of sp³-hybridized carbons (Fsp3) is 0.0455. The van der Waals surface area contributed by atoms with Gasteiger partial charge in [-0.15, -0.1) is 5.10 Å². The van der Waals surface area contributed by atoms with Gasteiger partial charge in [-0.05, 0) is 54.2 Å². The highest BCUT2D eigenvalue weighted by atomic mass is 32.2. The average Bonchev–Trinajstić information content (AvgIpc) is 3.14. The summed E-state index contributed by atoms with van der Waals surface area (Å²) in [6, 6.07) is 27.0. The van der Waals surface area contributed by atoms with Crippen molar-refractivity contribution in [3.05, 3.63) is 100 Å². The minimum absolute atomic E-state index is 0.149. The number of nitrogens with zero attached hydrogens (tertiary/aromatic N) is 2. The molecule has 0 saturated carbocycles. The van der Waals surface area contributed by atoms with Gasteiger partial charge in [0.2, 0.25) is 0 Å². The van der Waals surface area contributed by atoms with Crippen molar-refractivity contribution < 1.29 is 4.79 Å². The maximum Gasteiger partial charge on any atom is 0.255 e. The van der Waals surface area contributed by atoms with E-state index in [1.165, 1.54) is 16.9 Å². The van der Waals surface area contributed by atoms with Gasteiger partial charge in [-0.1, -0.05) is 71.6 Å². The van der Waals surface area contributed by atoms with Crippen molar-refractivity contribution in [2.24, 2.45) is 0 Å². The number of benzene rings is 3. The van der Waals surface area contributed by atoms with Gasteiger partial charge in [-0.3, -0.25) is 4.79 Å². The van der Waals surface area contributed by atoms with E-state index in [1.54, 1.807) is 28.6 Å². The predicted molar refractivity (Wildman–Crippen MR) is 123 cm³/mol. The van der Waals surface area contributed by atoms with Crippen molar-refractivity contribution in [1.82, 2.24) is 9.78 Å². The summed E-state index contributed by atoms with van der Waals surface area (Å²) in [6.07, 6.45) is 0. The van der Waals surface area contributed by atoms with Crippen LogP contribution >= 0.6 is 35.3 Å². The Balaban J connectivity index is 1.45. The molecule has 29 heavy (non-hydrogen) atoms. The number of anilines is 1. The van der Waals surface area contributed by atoms with Gasteiger partial charge in [0.15, 0.2) is 8.29 Å². The Morgan fingerprint density at radius 3 is 2.31 bits per heavy atom. The molecule has 1 heterocycles. The molecule has 4 rings (SSSR count). The lowest BCUT2D eigenvalue weighted by Gasteiger charge is -2.06. The molecule has 0 aliphatic rings. The zero-order valence-corrected chi connectivity index (χ0v) is 17.8. The molecular formula is C22H17N3OS3. The number of aromatic nitrogens is 2. The van der Waals surface area contributed by atoms with Crippen LogP contribution in [0.25, 0.3) is 5.69 Å². The fourth-order valence-corrected chi connectivity index (χ4v) is 5.00. The van der Waals surface area contributed by atoms with E-state index >= 15 is 0 Å². The lowest BCUT2D eigenvalue weighted by atomic mass is 10.2. The van der Waals surface area contributed by atoms with Crippen molar-refractivity contribution in [3.8, 4) is 5.69 Å². The number of hydrogen-bond donors (Lipinski definition) is 1. The summed E-state index contributed by atoms with van der Waals surface area (Å²) in [7, 11) is 0. The molecule has 7 heteroatoms. The zero-order chi connectivity index (χ0) is 20.1. The molecule has 4 aromatic rings. The summed E-state index contributed by atoms with van der Waals surface area (Å²) >= 11 is 8.64. The zero-order valence-electron chi connectivity index (χ0n) is 15.3. The van der Waals surface area contributed by atoms with Crippen LogP contribution in [0, 0.1) is 3.95 Å². The van der Waals surface area contributed by atoms with E-state index in [1.807, 2.05) is 60.7 Å². The molecule has 0 radical (unpaired) electrons. The van der Waals surface area contributed by atoms with E-state index in [-0.39, 0.29) is 5.91 Å². The van der Waals surface area contributed by atoms with E-state index < -0.39 is 0 Å². The summed E-state index contributed by atoms with van der Waals surface area (Å²) < 4.78 is 3.35. The van der Waals surface area contributed by atoms with Crippen LogP contribution in [0.2, 0.25) is 0 Å². The van der Waals surface area contributed by atoms with E-state index in [4.69, 9.17) is 12.2 Å². The second-order valence-electron chi connectivity index (χ2n) is 6.19. The lowest BCUT2D eigenvalue weighted by molar-refractivity contribution is 0.102. The van der Waals surface area contributed by atoms with Gasteiger partial charge in [0, 0.05) is 17.0 Å². The number of amides is 1. The van der Waals surface area contributed by atoms with Crippen LogP contribution in [0.3, 0.4) is 0 Å². The second kappa shape index (κ2) is 9.17. The molecule has 0 unspecified atom stereocenters. The van der Waals surface area contributed by atoms with Crippen molar-refractivity contribution >= 4 is 46.9 Å². The highest BCUT2D eigenvalue weighted by Crippen LogP contribution is 2.27. The molecule has 1 aromatic heterocycles. The van der Waals surface area contributed by atoms with Gasteiger partial charge in [-0.25, -0.2) is 4.68 Å². The van der Waals surface area contributed by atoms with Crippen molar-refractivity contribution in [3.63, 3.8) is 0 Å². The average molecular weight is 436 g/mol. The largest absolute Gasteiger partial charge is 0.322 e. The van der Waals surface area contributed by atoms with E-state index in [2.05, 4.69) is 22.5 Å². The van der Waals surface area contributed by atoms with Crippen LogP contribution in [0.1, 0.15) is 15.9 Å². The van der Waals surface area contributed by atoms with Crippen LogP contribution in [0.4, 0.5) is 5.69 Å². The fourth-order valence-electron chi connectivity index (χ4n) is 2.68. The highest BCUT2D eigenvalue weighted by molar-refractivity contribution is 8.00. The molecule has 1 N–H and O–H groups in total. The molecule has 0 aliphatic carbocycles. The Morgan fingerprint density at radius 1 is 0.966 bits per heavy atom. The van der Waals surface area contributed by atoms with E-state index in [0.717, 1.165) is 21.5 Å². The topological polar surface area (TPSA) is 46.9 Å². The van der Waals surface area contributed by atoms with Crippen LogP contribution in [-0.2, 0) is 5.75 Å². The quantitative estimate of drug-likeness (QED) is 0.289.